The Hall–Kier alpha value is -2.69. The predicted molar refractivity (Wildman–Crippen MR) is 96.0 cm³/mol. The smallest absolute Gasteiger partial charge is 0.229 e. The molecule has 0 spiro atoms. The first kappa shape index (κ1) is 17.1. The minimum absolute atomic E-state index is 0.121. The summed E-state index contributed by atoms with van der Waals surface area (Å²) in [7, 11) is 0. The van der Waals surface area contributed by atoms with E-state index in [2.05, 4.69) is 19.2 Å². The molecule has 1 N–H and O–H groups in total. The molecule has 1 heterocycles. The highest BCUT2D eigenvalue weighted by Crippen LogP contribution is 2.28. The Morgan fingerprint density at radius 3 is 2.52 bits per heavy atom. The van der Waals surface area contributed by atoms with Gasteiger partial charge in [-0.3, -0.25) is 9.59 Å². The second-order valence-electron chi connectivity index (χ2n) is 6.61. The van der Waals surface area contributed by atoms with Crippen molar-refractivity contribution in [1.82, 2.24) is 0 Å². The first-order valence-corrected chi connectivity index (χ1v) is 8.41. The van der Waals surface area contributed by atoms with Gasteiger partial charge >= 0.3 is 0 Å². The molecule has 2 amide bonds. The highest BCUT2D eigenvalue weighted by atomic mass is 19.1. The van der Waals surface area contributed by atoms with E-state index >= 15 is 0 Å². The van der Waals surface area contributed by atoms with Crippen molar-refractivity contribution in [1.29, 1.82) is 0 Å². The van der Waals surface area contributed by atoms with E-state index in [-0.39, 0.29) is 30.0 Å². The molecule has 5 heteroatoms. The number of amides is 2. The number of nitrogens with zero attached hydrogens (tertiary/aromatic N) is 1. The molecule has 2 aromatic carbocycles. The summed E-state index contributed by atoms with van der Waals surface area (Å²) >= 11 is 0. The Labute approximate surface area is 146 Å². The summed E-state index contributed by atoms with van der Waals surface area (Å²) < 4.78 is 13.1. The van der Waals surface area contributed by atoms with E-state index in [1.54, 1.807) is 12.1 Å². The molecule has 1 atom stereocenters. The molecule has 2 aromatic rings. The summed E-state index contributed by atoms with van der Waals surface area (Å²) in [5.41, 5.74) is 2.47. The third kappa shape index (κ3) is 3.71. The SMILES string of the molecule is CC(C)c1ccccc1NC(=O)C1CC(=O)N(c2ccc(F)cc2)C1. The molecule has 3 rings (SSSR count). The third-order valence-electron chi connectivity index (χ3n) is 4.47. The van der Waals surface area contributed by atoms with E-state index in [0.29, 0.717) is 12.2 Å². The Bertz CT molecular complexity index is 787. The first-order chi connectivity index (χ1) is 12.0. The van der Waals surface area contributed by atoms with E-state index in [1.165, 1.54) is 17.0 Å². The molecule has 1 aliphatic heterocycles. The molecule has 25 heavy (non-hydrogen) atoms. The number of rotatable bonds is 4. The Morgan fingerprint density at radius 1 is 1.16 bits per heavy atom. The number of halogens is 1. The van der Waals surface area contributed by atoms with Crippen LogP contribution in [-0.4, -0.2) is 18.4 Å². The van der Waals surface area contributed by atoms with E-state index in [0.717, 1.165) is 11.3 Å². The summed E-state index contributed by atoms with van der Waals surface area (Å²) in [6, 6.07) is 13.4. The molecule has 1 unspecified atom stereocenters. The van der Waals surface area contributed by atoms with E-state index in [4.69, 9.17) is 0 Å². The Balaban J connectivity index is 1.72. The van der Waals surface area contributed by atoms with Gasteiger partial charge in [-0.05, 0) is 41.8 Å². The lowest BCUT2D eigenvalue weighted by atomic mass is 10.0. The average Bonchev–Trinajstić information content (AvgIpc) is 2.98. The van der Waals surface area contributed by atoms with Crippen molar-refractivity contribution in [3.8, 4) is 0 Å². The number of nitrogens with one attached hydrogen (secondary N) is 1. The Kier molecular flexibility index (Phi) is 4.83. The summed E-state index contributed by atoms with van der Waals surface area (Å²) in [5.74, 6) is -0.764. The van der Waals surface area contributed by atoms with Gasteiger partial charge in [0.1, 0.15) is 5.82 Å². The lowest BCUT2D eigenvalue weighted by molar-refractivity contribution is -0.122. The van der Waals surface area contributed by atoms with Gasteiger partial charge in [0.2, 0.25) is 11.8 Å². The van der Waals surface area contributed by atoms with Crippen LogP contribution in [0.3, 0.4) is 0 Å². The van der Waals surface area contributed by atoms with Gasteiger partial charge in [-0.2, -0.15) is 0 Å². The quantitative estimate of drug-likeness (QED) is 0.916. The predicted octanol–water partition coefficient (Wildman–Crippen LogP) is 3.94. The van der Waals surface area contributed by atoms with Crippen molar-refractivity contribution in [3.63, 3.8) is 0 Å². The molecule has 130 valence electrons. The van der Waals surface area contributed by atoms with Crippen LogP contribution in [0.25, 0.3) is 0 Å². The number of para-hydroxylation sites is 1. The maximum Gasteiger partial charge on any atom is 0.229 e. The summed E-state index contributed by atoms with van der Waals surface area (Å²) in [4.78, 5) is 26.4. The van der Waals surface area contributed by atoms with Gasteiger partial charge in [-0.15, -0.1) is 0 Å². The van der Waals surface area contributed by atoms with E-state index < -0.39 is 5.92 Å². The van der Waals surface area contributed by atoms with Crippen LogP contribution in [0, 0.1) is 11.7 Å². The molecule has 4 nitrogen and oxygen atoms in total. The van der Waals surface area contributed by atoms with Crippen LogP contribution in [0.5, 0.6) is 0 Å². The highest BCUT2D eigenvalue weighted by Gasteiger charge is 2.35. The maximum absolute atomic E-state index is 13.1. The number of anilines is 2. The molecule has 0 radical (unpaired) electrons. The zero-order valence-electron chi connectivity index (χ0n) is 14.3. The third-order valence-corrected chi connectivity index (χ3v) is 4.47. The molecular formula is C20H21FN2O2. The number of hydrogen-bond acceptors (Lipinski definition) is 2. The van der Waals surface area contributed by atoms with Crippen LogP contribution in [0.2, 0.25) is 0 Å². The van der Waals surface area contributed by atoms with Crippen LogP contribution in [0.1, 0.15) is 31.7 Å². The second-order valence-corrected chi connectivity index (χ2v) is 6.61. The van der Waals surface area contributed by atoms with Gasteiger partial charge in [0.05, 0.1) is 5.92 Å². The maximum atomic E-state index is 13.1. The zero-order chi connectivity index (χ0) is 18.0. The molecule has 0 bridgehead atoms. The Morgan fingerprint density at radius 2 is 1.84 bits per heavy atom. The molecular weight excluding hydrogens is 319 g/mol. The fourth-order valence-corrected chi connectivity index (χ4v) is 3.10. The van der Waals surface area contributed by atoms with Crippen molar-refractivity contribution >= 4 is 23.2 Å². The van der Waals surface area contributed by atoms with Crippen molar-refractivity contribution in [3.05, 3.63) is 59.9 Å². The molecule has 0 saturated carbocycles. The van der Waals surface area contributed by atoms with E-state index in [1.807, 2.05) is 24.3 Å². The van der Waals surface area contributed by atoms with Gasteiger partial charge < -0.3 is 10.2 Å². The minimum Gasteiger partial charge on any atom is -0.326 e. The van der Waals surface area contributed by atoms with Gasteiger partial charge in [0, 0.05) is 24.3 Å². The lowest BCUT2D eigenvalue weighted by Crippen LogP contribution is -2.28. The van der Waals surface area contributed by atoms with Crippen molar-refractivity contribution in [2.75, 3.05) is 16.8 Å². The van der Waals surface area contributed by atoms with Crippen LogP contribution in [0.4, 0.5) is 15.8 Å². The highest BCUT2D eigenvalue weighted by molar-refractivity contribution is 6.03. The fourth-order valence-electron chi connectivity index (χ4n) is 3.10. The summed E-state index contributed by atoms with van der Waals surface area (Å²) in [5, 5.41) is 2.96. The minimum atomic E-state index is -0.419. The van der Waals surface area contributed by atoms with Crippen LogP contribution < -0.4 is 10.2 Å². The number of carbonyl (C=O) groups is 2. The van der Waals surface area contributed by atoms with Crippen LogP contribution >= 0.6 is 0 Å². The summed E-state index contributed by atoms with van der Waals surface area (Å²) in [6.45, 7) is 4.45. The molecule has 0 aromatic heterocycles. The van der Waals surface area contributed by atoms with Crippen LogP contribution in [-0.2, 0) is 9.59 Å². The topological polar surface area (TPSA) is 49.4 Å². The van der Waals surface area contributed by atoms with Gasteiger partial charge in [-0.1, -0.05) is 32.0 Å². The normalized spacial score (nSPS) is 17.2. The standard InChI is InChI=1S/C20H21FN2O2/c1-13(2)17-5-3-4-6-18(17)22-20(25)14-11-19(24)23(12-14)16-9-7-15(21)8-10-16/h3-10,13-14H,11-12H2,1-2H3,(H,22,25). The number of benzene rings is 2. The van der Waals surface area contributed by atoms with Crippen molar-refractivity contribution in [2.24, 2.45) is 5.92 Å². The first-order valence-electron chi connectivity index (χ1n) is 8.41. The van der Waals surface area contributed by atoms with Crippen molar-refractivity contribution < 1.29 is 14.0 Å². The average molecular weight is 340 g/mol. The number of hydrogen-bond donors (Lipinski definition) is 1. The largest absolute Gasteiger partial charge is 0.326 e. The number of carbonyl (C=O) groups excluding carboxylic acids is 2. The second kappa shape index (κ2) is 7.05. The molecule has 1 fully saturated rings. The molecule has 1 aliphatic rings. The lowest BCUT2D eigenvalue weighted by Gasteiger charge is -2.18. The van der Waals surface area contributed by atoms with Gasteiger partial charge in [0.15, 0.2) is 0 Å². The zero-order valence-corrected chi connectivity index (χ0v) is 14.3. The van der Waals surface area contributed by atoms with E-state index in [9.17, 15) is 14.0 Å². The molecule has 1 saturated heterocycles. The molecule has 0 aliphatic carbocycles. The monoisotopic (exact) mass is 340 g/mol. The summed E-state index contributed by atoms with van der Waals surface area (Å²) in [6.07, 6.45) is 0.160. The van der Waals surface area contributed by atoms with Crippen molar-refractivity contribution in [2.45, 2.75) is 26.2 Å². The van der Waals surface area contributed by atoms with Gasteiger partial charge in [-0.25, -0.2) is 4.39 Å². The fraction of sp³-hybridized carbons (Fsp3) is 0.300. The van der Waals surface area contributed by atoms with Gasteiger partial charge in [0.25, 0.3) is 0 Å². The van der Waals surface area contributed by atoms with Crippen LogP contribution in [0.15, 0.2) is 48.5 Å².